The number of benzene rings is 1. The first-order valence-corrected chi connectivity index (χ1v) is 7.86. The Morgan fingerprint density at radius 2 is 2.08 bits per heavy atom. The number of hydrogen-bond acceptors (Lipinski definition) is 3. The summed E-state index contributed by atoms with van der Waals surface area (Å²) < 4.78 is 24.5. The van der Waals surface area contributed by atoms with E-state index in [2.05, 4.69) is 10.3 Å². The standard InChI is InChI=1S/C18H24FN3O2/c1-13-11-15(14(2)24-13)12-21-18(20-3)22(4)9-10-23-17-8-6-5-7-16(17)19/h5-8,11H,9-10,12H2,1-4H3,(H,20,21). The van der Waals surface area contributed by atoms with Crippen LogP contribution in [0.25, 0.3) is 0 Å². The molecule has 0 atom stereocenters. The van der Waals surface area contributed by atoms with E-state index in [0.29, 0.717) is 19.7 Å². The van der Waals surface area contributed by atoms with E-state index in [4.69, 9.17) is 9.15 Å². The molecule has 6 heteroatoms. The van der Waals surface area contributed by atoms with Crippen LogP contribution in [0.15, 0.2) is 39.7 Å². The van der Waals surface area contributed by atoms with Crippen molar-refractivity contribution >= 4 is 5.96 Å². The number of ether oxygens (including phenoxy) is 1. The molecule has 0 radical (unpaired) electrons. The van der Waals surface area contributed by atoms with E-state index >= 15 is 0 Å². The zero-order chi connectivity index (χ0) is 17.5. The molecule has 0 fully saturated rings. The molecule has 1 heterocycles. The summed E-state index contributed by atoms with van der Waals surface area (Å²) in [6, 6.07) is 8.40. The molecular weight excluding hydrogens is 309 g/mol. The van der Waals surface area contributed by atoms with Crippen LogP contribution in [0.5, 0.6) is 5.75 Å². The normalized spacial score (nSPS) is 11.5. The van der Waals surface area contributed by atoms with Crippen LogP contribution < -0.4 is 10.1 Å². The molecule has 0 aliphatic rings. The predicted molar refractivity (Wildman–Crippen MR) is 92.9 cm³/mol. The number of aliphatic imine (C=N–C) groups is 1. The molecule has 0 spiro atoms. The summed E-state index contributed by atoms with van der Waals surface area (Å²) in [7, 11) is 3.64. The van der Waals surface area contributed by atoms with E-state index in [9.17, 15) is 4.39 Å². The molecule has 0 unspecified atom stereocenters. The second kappa shape index (κ2) is 8.38. The number of likely N-dealkylation sites (N-methyl/N-ethyl adjacent to an activating group) is 1. The van der Waals surface area contributed by atoms with Crippen molar-refractivity contribution < 1.29 is 13.5 Å². The van der Waals surface area contributed by atoms with Gasteiger partial charge in [-0.15, -0.1) is 0 Å². The molecule has 0 aliphatic heterocycles. The number of nitrogens with zero attached hydrogens (tertiary/aromatic N) is 2. The quantitative estimate of drug-likeness (QED) is 0.652. The molecule has 5 nitrogen and oxygen atoms in total. The monoisotopic (exact) mass is 333 g/mol. The molecule has 0 saturated carbocycles. The van der Waals surface area contributed by atoms with Crippen molar-refractivity contribution in [3.63, 3.8) is 0 Å². The topological polar surface area (TPSA) is 50.0 Å². The molecule has 0 aliphatic carbocycles. The zero-order valence-corrected chi connectivity index (χ0v) is 14.6. The molecule has 1 aromatic heterocycles. The molecule has 0 bridgehead atoms. The van der Waals surface area contributed by atoms with Gasteiger partial charge in [0.1, 0.15) is 18.1 Å². The molecule has 1 aromatic carbocycles. The average Bonchev–Trinajstić information content (AvgIpc) is 2.87. The van der Waals surface area contributed by atoms with Gasteiger partial charge in [0.25, 0.3) is 0 Å². The maximum atomic E-state index is 13.5. The van der Waals surface area contributed by atoms with Gasteiger partial charge in [-0.1, -0.05) is 12.1 Å². The average molecular weight is 333 g/mol. The lowest BCUT2D eigenvalue weighted by Crippen LogP contribution is -2.40. The number of aryl methyl sites for hydroxylation is 2. The van der Waals surface area contributed by atoms with E-state index < -0.39 is 0 Å². The summed E-state index contributed by atoms with van der Waals surface area (Å²) in [5.74, 6) is 2.45. The van der Waals surface area contributed by atoms with Gasteiger partial charge < -0.3 is 19.4 Å². The summed E-state index contributed by atoms with van der Waals surface area (Å²) in [4.78, 5) is 6.19. The highest BCUT2D eigenvalue weighted by molar-refractivity contribution is 5.79. The number of nitrogens with one attached hydrogen (secondary N) is 1. The Bertz CT molecular complexity index is 697. The largest absolute Gasteiger partial charge is 0.489 e. The summed E-state index contributed by atoms with van der Waals surface area (Å²) in [5.41, 5.74) is 1.10. The second-order valence-electron chi connectivity index (χ2n) is 5.54. The lowest BCUT2D eigenvalue weighted by atomic mass is 10.2. The van der Waals surface area contributed by atoms with Crippen molar-refractivity contribution in [3.8, 4) is 5.75 Å². The highest BCUT2D eigenvalue weighted by Gasteiger charge is 2.09. The lowest BCUT2D eigenvalue weighted by Gasteiger charge is -2.22. The van der Waals surface area contributed by atoms with E-state index in [1.54, 1.807) is 25.2 Å². The third kappa shape index (κ3) is 4.75. The van der Waals surface area contributed by atoms with Crippen molar-refractivity contribution in [2.45, 2.75) is 20.4 Å². The summed E-state index contributed by atoms with van der Waals surface area (Å²) in [5, 5.41) is 3.29. The molecule has 0 amide bonds. The fourth-order valence-corrected chi connectivity index (χ4v) is 2.38. The number of rotatable bonds is 6. The summed E-state index contributed by atoms with van der Waals surface area (Å²) >= 11 is 0. The minimum absolute atomic E-state index is 0.262. The molecule has 1 N–H and O–H groups in total. The third-order valence-corrected chi connectivity index (χ3v) is 3.68. The summed E-state index contributed by atoms with van der Waals surface area (Å²) in [6.45, 7) is 5.45. The van der Waals surface area contributed by atoms with Crippen molar-refractivity contribution in [3.05, 3.63) is 53.2 Å². The minimum Gasteiger partial charge on any atom is -0.489 e. The minimum atomic E-state index is -0.353. The Balaban J connectivity index is 1.82. The van der Waals surface area contributed by atoms with Gasteiger partial charge in [-0.25, -0.2) is 4.39 Å². The Morgan fingerprint density at radius 1 is 1.33 bits per heavy atom. The molecule has 2 rings (SSSR count). The van der Waals surface area contributed by atoms with Crippen LogP contribution in [0.1, 0.15) is 17.1 Å². The van der Waals surface area contributed by atoms with E-state index in [1.165, 1.54) is 6.07 Å². The second-order valence-corrected chi connectivity index (χ2v) is 5.54. The molecule has 0 saturated heterocycles. The highest BCUT2D eigenvalue weighted by atomic mass is 19.1. The maximum absolute atomic E-state index is 13.5. The van der Waals surface area contributed by atoms with Gasteiger partial charge in [0.05, 0.1) is 6.54 Å². The van der Waals surface area contributed by atoms with Crippen LogP contribution in [0, 0.1) is 19.7 Å². The fraction of sp³-hybridized carbons (Fsp3) is 0.389. The Hall–Kier alpha value is -2.50. The van der Waals surface area contributed by atoms with Gasteiger partial charge in [-0.3, -0.25) is 4.99 Å². The Labute approximate surface area is 142 Å². The van der Waals surface area contributed by atoms with Crippen LogP contribution in [-0.2, 0) is 6.54 Å². The SMILES string of the molecule is CN=C(NCc1cc(C)oc1C)N(C)CCOc1ccccc1F. The number of guanidine groups is 1. The van der Waals surface area contributed by atoms with Gasteiger partial charge in [-0.2, -0.15) is 0 Å². The lowest BCUT2D eigenvalue weighted by molar-refractivity contribution is 0.270. The van der Waals surface area contributed by atoms with Crippen LogP contribution in [0.3, 0.4) is 0 Å². The van der Waals surface area contributed by atoms with Gasteiger partial charge in [0, 0.05) is 26.2 Å². The molecule has 2 aromatic rings. The number of para-hydroxylation sites is 1. The Morgan fingerprint density at radius 3 is 2.71 bits per heavy atom. The molecular formula is C18H24FN3O2. The van der Waals surface area contributed by atoms with Crippen LogP contribution in [0.4, 0.5) is 4.39 Å². The van der Waals surface area contributed by atoms with Crippen molar-refractivity contribution in [1.29, 1.82) is 0 Å². The summed E-state index contributed by atoms with van der Waals surface area (Å²) in [6.07, 6.45) is 0. The highest BCUT2D eigenvalue weighted by Crippen LogP contribution is 2.15. The first-order chi connectivity index (χ1) is 11.5. The van der Waals surface area contributed by atoms with Crippen LogP contribution in [0.2, 0.25) is 0 Å². The molecule has 24 heavy (non-hydrogen) atoms. The predicted octanol–water partition coefficient (Wildman–Crippen LogP) is 3.12. The maximum Gasteiger partial charge on any atom is 0.193 e. The molecule has 130 valence electrons. The first-order valence-electron chi connectivity index (χ1n) is 7.86. The van der Waals surface area contributed by atoms with Crippen LogP contribution in [-0.4, -0.2) is 38.1 Å². The van der Waals surface area contributed by atoms with E-state index in [1.807, 2.05) is 31.9 Å². The van der Waals surface area contributed by atoms with E-state index in [0.717, 1.165) is 23.0 Å². The van der Waals surface area contributed by atoms with Crippen molar-refractivity contribution in [2.24, 2.45) is 4.99 Å². The fourth-order valence-electron chi connectivity index (χ4n) is 2.38. The van der Waals surface area contributed by atoms with Crippen molar-refractivity contribution in [2.75, 3.05) is 27.2 Å². The number of hydrogen-bond donors (Lipinski definition) is 1. The van der Waals surface area contributed by atoms with Crippen LogP contribution >= 0.6 is 0 Å². The van der Waals surface area contributed by atoms with E-state index in [-0.39, 0.29) is 11.6 Å². The first kappa shape index (κ1) is 17.8. The van der Waals surface area contributed by atoms with Gasteiger partial charge in [-0.05, 0) is 32.0 Å². The Kier molecular flexibility index (Phi) is 6.23. The smallest absolute Gasteiger partial charge is 0.193 e. The third-order valence-electron chi connectivity index (χ3n) is 3.68. The number of furan rings is 1. The van der Waals surface area contributed by atoms with Gasteiger partial charge in [0.2, 0.25) is 0 Å². The van der Waals surface area contributed by atoms with Gasteiger partial charge >= 0.3 is 0 Å². The number of halogens is 1. The zero-order valence-electron chi connectivity index (χ0n) is 14.6. The van der Waals surface area contributed by atoms with Gasteiger partial charge in [0.15, 0.2) is 17.5 Å². The van der Waals surface area contributed by atoms with Crippen molar-refractivity contribution in [1.82, 2.24) is 10.2 Å².